The number of aromatic nitrogens is 2. The standard InChI is InChI=1S/C22H34ClN7O3/c1-12(2)28(9-10-31)22-25-20(24-11-15-7-8-16(23)19(33)18(15)32)17-21(26-22)30(14(5)6)27-29(17)13(3)4/h7-8,12-14,27,31-33H,9-11H2,1-6H3,(H,24,25,26). The quantitative estimate of drug-likeness (QED) is 0.343. The summed E-state index contributed by atoms with van der Waals surface area (Å²) in [5.74, 6) is 1.15. The summed E-state index contributed by atoms with van der Waals surface area (Å²) in [5, 5.41) is 37.3. The predicted molar refractivity (Wildman–Crippen MR) is 132 cm³/mol. The molecule has 10 nitrogen and oxygen atoms in total. The van der Waals surface area contributed by atoms with Crippen molar-refractivity contribution in [2.45, 2.75) is 66.2 Å². The number of fused-ring (bicyclic) bond motifs is 1. The van der Waals surface area contributed by atoms with E-state index >= 15 is 0 Å². The molecular weight excluding hydrogens is 446 g/mol. The summed E-state index contributed by atoms with van der Waals surface area (Å²) in [5.41, 5.74) is 4.66. The number of benzene rings is 1. The van der Waals surface area contributed by atoms with Crippen LogP contribution in [0.4, 0.5) is 23.3 Å². The van der Waals surface area contributed by atoms with Gasteiger partial charge in [0, 0.05) is 36.8 Å². The number of anilines is 4. The lowest BCUT2D eigenvalue weighted by atomic mass is 10.2. The fraction of sp³-hybridized carbons (Fsp3) is 0.545. The van der Waals surface area contributed by atoms with E-state index in [1.807, 2.05) is 28.8 Å². The number of aliphatic hydroxyl groups excluding tert-OH is 1. The number of halogens is 1. The van der Waals surface area contributed by atoms with Crippen LogP contribution in [0.25, 0.3) is 0 Å². The maximum absolute atomic E-state index is 10.3. The molecule has 33 heavy (non-hydrogen) atoms. The van der Waals surface area contributed by atoms with Crippen LogP contribution in [0.5, 0.6) is 11.5 Å². The highest BCUT2D eigenvalue weighted by Crippen LogP contribution is 2.42. The van der Waals surface area contributed by atoms with Crippen molar-refractivity contribution in [3.63, 3.8) is 0 Å². The number of hydrogen-bond acceptors (Lipinski definition) is 10. The number of aliphatic hydroxyl groups is 1. The van der Waals surface area contributed by atoms with Crippen molar-refractivity contribution in [2.75, 3.05) is 33.4 Å². The molecule has 5 N–H and O–H groups in total. The van der Waals surface area contributed by atoms with Crippen molar-refractivity contribution in [1.29, 1.82) is 0 Å². The van der Waals surface area contributed by atoms with Gasteiger partial charge >= 0.3 is 0 Å². The fourth-order valence-electron chi connectivity index (χ4n) is 3.64. The number of hydrazine groups is 2. The van der Waals surface area contributed by atoms with E-state index in [1.54, 1.807) is 6.07 Å². The van der Waals surface area contributed by atoms with Gasteiger partial charge in [-0.3, -0.25) is 10.0 Å². The van der Waals surface area contributed by atoms with Crippen LogP contribution in [-0.2, 0) is 6.54 Å². The number of phenols is 2. The molecule has 0 saturated heterocycles. The van der Waals surface area contributed by atoms with E-state index in [0.717, 1.165) is 11.5 Å². The van der Waals surface area contributed by atoms with Gasteiger partial charge in [-0.15, -0.1) is 5.53 Å². The van der Waals surface area contributed by atoms with Crippen molar-refractivity contribution < 1.29 is 15.3 Å². The third kappa shape index (κ3) is 4.97. The van der Waals surface area contributed by atoms with E-state index in [1.165, 1.54) is 6.07 Å². The van der Waals surface area contributed by atoms with E-state index in [0.29, 0.717) is 23.9 Å². The number of aromatic hydroxyl groups is 2. The monoisotopic (exact) mass is 479 g/mol. The molecule has 11 heteroatoms. The molecule has 0 amide bonds. The molecule has 182 valence electrons. The van der Waals surface area contributed by atoms with Crippen molar-refractivity contribution in [2.24, 2.45) is 0 Å². The van der Waals surface area contributed by atoms with Gasteiger partial charge in [-0.2, -0.15) is 9.97 Å². The van der Waals surface area contributed by atoms with Gasteiger partial charge < -0.3 is 25.5 Å². The average molecular weight is 480 g/mol. The Kier molecular flexibility index (Phi) is 7.61. The normalized spacial score (nSPS) is 13.4. The SMILES string of the molecule is CC(C)N(CCO)c1nc(NCc2ccc(Cl)c(O)c2O)c2c(n1)N(C(C)C)NN2C(C)C. The lowest BCUT2D eigenvalue weighted by Crippen LogP contribution is -2.50. The van der Waals surface area contributed by atoms with E-state index in [9.17, 15) is 15.3 Å². The second kappa shape index (κ2) is 10.1. The maximum atomic E-state index is 10.3. The van der Waals surface area contributed by atoms with Crippen molar-refractivity contribution in [1.82, 2.24) is 15.5 Å². The Labute approximate surface area is 199 Å². The highest BCUT2D eigenvalue weighted by atomic mass is 35.5. The zero-order valence-electron chi connectivity index (χ0n) is 20.0. The minimum Gasteiger partial charge on any atom is -0.504 e. The average Bonchev–Trinajstić information content (AvgIpc) is 3.15. The van der Waals surface area contributed by atoms with Crippen LogP contribution in [-0.4, -0.2) is 56.6 Å². The van der Waals surface area contributed by atoms with Crippen LogP contribution in [0, 0.1) is 0 Å². The molecule has 1 aliphatic rings. The molecule has 0 unspecified atom stereocenters. The number of hydrogen-bond donors (Lipinski definition) is 5. The lowest BCUT2D eigenvalue weighted by Gasteiger charge is -2.28. The van der Waals surface area contributed by atoms with Crippen LogP contribution < -0.4 is 25.8 Å². The van der Waals surface area contributed by atoms with Crippen LogP contribution in [0.15, 0.2) is 12.1 Å². The molecule has 2 heterocycles. The first-order valence-electron chi connectivity index (χ1n) is 11.1. The predicted octanol–water partition coefficient (Wildman–Crippen LogP) is 3.22. The zero-order chi connectivity index (χ0) is 24.4. The smallest absolute Gasteiger partial charge is 0.229 e. The van der Waals surface area contributed by atoms with Crippen molar-refractivity contribution in [3.8, 4) is 11.5 Å². The minimum absolute atomic E-state index is 0.0242. The van der Waals surface area contributed by atoms with Gasteiger partial charge in [0.25, 0.3) is 0 Å². The summed E-state index contributed by atoms with van der Waals surface area (Å²) in [6.07, 6.45) is 0. The van der Waals surface area contributed by atoms with Crippen LogP contribution in [0.3, 0.4) is 0 Å². The third-order valence-electron chi connectivity index (χ3n) is 5.42. The Morgan fingerprint density at radius 1 is 1.03 bits per heavy atom. The van der Waals surface area contributed by atoms with Crippen LogP contribution in [0.2, 0.25) is 5.02 Å². The van der Waals surface area contributed by atoms with Gasteiger partial charge in [-0.05, 0) is 47.6 Å². The Morgan fingerprint density at radius 2 is 1.70 bits per heavy atom. The molecule has 0 saturated carbocycles. The Hall–Kier alpha value is -2.69. The fourth-order valence-corrected chi connectivity index (χ4v) is 3.79. The summed E-state index contributed by atoms with van der Waals surface area (Å²) in [6, 6.07) is 3.48. The maximum Gasteiger partial charge on any atom is 0.229 e. The van der Waals surface area contributed by atoms with Gasteiger partial charge in [0.05, 0.1) is 11.6 Å². The first kappa shape index (κ1) is 24.9. The van der Waals surface area contributed by atoms with E-state index < -0.39 is 0 Å². The van der Waals surface area contributed by atoms with Gasteiger partial charge in [-0.25, -0.2) is 0 Å². The Bertz CT molecular complexity index is 987. The van der Waals surface area contributed by atoms with E-state index in [4.69, 9.17) is 21.6 Å². The lowest BCUT2D eigenvalue weighted by molar-refractivity contribution is 0.298. The molecular formula is C22H34ClN7O3. The zero-order valence-corrected chi connectivity index (χ0v) is 20.7. The molecule has 2 aromatic rings. The van der Waals surface area contributed by atoms with Gasteiger partial charge in [0.1, 0.15) is 5.69 Å². The molecule has 0 spiro atoms. The van der Waals surface area contributed by atoms with E-state index in [2.05, 4.69) is 38.5 Å². The van der Waals surface area contributed by atoms with Crippen molar-refractivity contribution >= 4 is 34.9 Å². The second-order valence-corrected chi connectivity index (χ2v) is 9.25. The van der Waals surface area contributed by atoms with Gasteiger partial charge in [0.2, 0.25) is 5.95 Å². The highest BCUT2D eigenvalue weighted by molar-refractivity contribution is 6.32. The number of phenolic OH excluding ortho intramolecular Hbond substituents is 2. The number of rotatable bonds is 9. The minimum atomic E-state index is -0.352. The molecule has 0 atom stereocenters. The first-order valence-corrected chi connectivity index (χ1v) is 11.5. The molecule has 0 fully saturated rings. The van der Waals surface area contributed by atoms with Crippen LogP contribution >= 0.6 is 11.6 Å². The summed E-state index contributed by atoms with van der Waals surface area (Å²) >= 11 is 5.90. The van der Waals surface area contributed by atoms with Gasteiger partial charge in [0.15, 0.2) is 23.1 Å². The summed E-state index contributed by atoms with van der Waals surface area (Å²) in [6.45, 7) is 12.9. The molecule has 0 radical (unpaired) electrons. The first-order chi connectivity index (χ1) is 15.6. The summed E-state index contributed by atoms with van der Waals surface area (Å²) < 4.78 is 0. The molecule has 3 rings (SSSR count). The summed E-state index contributed by atoms with van der Waals surface area (Å²) in [4.78, 5) is 11.6. The molecule has 1 aromatic carbocycles. The Morgan fingerprint density at radius 3 is 2.27 bits per heavy atom. The van der Waals surface area contributed by atoms with Gasteiger partial charge in [-0.1, -0.05) is 17.7 Å². The van der Waals surface area contributed by atoms with E-state index in [-0.39, 0.29) is 47.8 Å². The Balaban J connectivity index is 2.10. The highest BCUT2D eigenvalue weighted by Gasteiger charge is 2.35. The molecule has 1 aliphatic heterocycles. The number of nitrogens with one attached hydrogen (secondary N) is 2. The molecule has 0 aliphatic carbocycles. The van der Waals surface area contributed by atoms with Crippen LogP contribution in [0.1, 0.15) is 47.1 Å². The topological polar surface area (TPSA) is 120 Å². The number of nitrogens with zero attached hydrogens (tertiary/aromatic N) is 5. The summed E-state index contributed by atoms with van der Waals surface area (Å²) in [7, 11) is 0. The molecule has 1 aromatic heterocycles. The molecule has 0 bridgehead atoms. The second-order valence-electron chi connectivity index (χ2n) is 8.84. The third-order valence-corrected chi connectivity index (χ3v) is 5.73. The largest absolute Gasteiger partial charge is 0.504 e. The van der Waals surface area contributed by atoms with Crippen molar-refractivity contribution in [3.05, 3.63) is 22.7 Å².